The van der Waals surface area contributed by atoms with Gasteiger partial charge in [0.15, 0.2) is 0 Å². The largest absolute Gasteiger partial charge is 0.497 e. The molecule has 0 amide bonds. The first-order valence-corrected chi connectivity index (χ1v) is 6.67. The molecule has 100 valence electrons. The average Bonchev–Trinajstić information content (AvgIpc) is 2.41. The van der Waals surface area contributed by atoms with Crippen LogP contribution in [-0.2, 0) is 0 Å². The lowest BCUT2D eigenvalue weighted by atomic mass is 9.95. The minimum absolute atomic E-state index is 0.282. The smallest absolute Gasteiger partial charge is 0.123 e. The molecule has 2 rings (SSSR count). The zero-order valence-electron chi connectivity index (χ0n) is 10.8. The van der Waals surface area contributed by atoms with Gasteiger partial charge in [-0.05, 0) is 53.9 Å². The Morgan fingerprint density at radius 3 is 2.58 bits per heavy atom. The Kier molecular flexibility index (Phi) is 4.22. The van der Waals surface area contributed by atoms with E-state index in [1.54, 1.807) is 13.2 Å². The fourth-order valence-corrected chi connectivity index (χ4v) is 2.49. The van der Waals surface area contributed by atoms with Gasteiger partial charge in [-0.1, -0.05) is 22.0 Å². The van der Waals surface area contributed by atoms with E-state index in [-0.39, 0.29) is 5.82 Å². The first kappa shape index (κ1) is 14.0. The maximum atomic E-state index is 13.4. The molecule has 19 heavy (non-hydrogen) atoms. The highest BCUT2D eigenvalue weighted by atomic mass is 79.9. The number of hydrogen-bond donors (Lipinski definition) is 1. The number of nitrogens with two attached hydrogens (primary N) is 1. The van der Waals surface area contributed by atoms with Gasteiger partial charge >= 0.3 is 0 Å². The van der Waals surface area contributed by atoms with Gasteiger partial charge < -0.3 is 10.5 Å². The van der Waals surface area contributed by atoms with Gasteiger partial charge in [-0.3, -0.25) is 0 Å². The summed E-state index contributed by atoms with van der Waals surface area (Å²) in [6, 6.07) is 9.83. The van der Waals surface area contributed by atoms with Crippen LogP contribution in [0.25, 0.3) is 0 Å². The molecule has 4 heteroatoms. The predicted octanol–water partition coefficient (Wildman–Crippen LogP) is 3.95. The van der Waals surface area contributed by atoms with Crippen molar-refractivity contribution in [2.24, 2.45) is 5.73 Å². The van der Waals surface area contributed by atoms with Crippen molar-refractivity contribution in [1.29, 1.82) is 0 Å². The van der Waals surface area contributed by atoms with Crippen LogP contribution in [0.15, 0.2) is 40.9 Å². The lowest BCUT2D eigenvalue weighted by Crippen LogP contribution is -2.14. The molecule has 0 saturated carbocycles. The first-order valence-electron chi connectivity index (χ1n) is 5.88. The second kappa shape index (κ2) is 5.72. The number of rotatable bonds is 3. The second-order valence-electron chi connectivity index (χ2n) is 4.37. The molecule has 0 fully saturated rings. The third-order valence-corrected chi connectivity index (χ3v) is 3.84. The fourth-order valence-electron chi connectivity index (χ4n) is 2.00. The van der Waals surface area contributed by atoms with E-state index in [1.807, 2.05) is 25.1 Å². The molecule has 0 heterocycles. The molecule has 1 atom stereocenters. The Bertz CT molecular complexity index is 601. The zero-order valence-corrected chi connectivity index (χ0v) is 12.4. The average molecular weight is 324 g/mol. The van der Waals surface area contributed by atoms with Crippen molar-refractivity contribution in [1.82, 2.24) is 0 Å². The summed E-state index contributed by atoms with van der Waals surface area (Å²) in [6.07, 6.45) is 0. The molecule has 0 aromatic heterocycles. The molecule has 2 aromatic rings. The minimum Gasteiger partial charge on any atom is -0.497 e. The number of aryl methyl sites for hydroxylation is 1. The standard InChI is InChI=1S/C15H15BrFNO/c1-9-3-4-10(17)7-12(9)15(18)13-8-11(19-2)5-6-14(13)16/h3-8,15H,18H2,1-2H3. The van der Waals surface area contributed by atoms with E-state index in [2.05, 4.69) is 15.9 Å². The van der Waals surface area contributed by atoms with E-state index in [4.69, 9.17) is 10.5 Å². The Hall–Kier alpha value is -1.39. The molecule has 2 nitrogen and oxygen atoms in total. The van der Waals surface area contributed by atoms with Crippen LogP contribution >= 0.6 is 15.9 Å². The summed E-state index contributed by atoms with van der Waals surface area (Å²) in [4.78, 5) is 0. The summed E-state index contributed by atoms with van der Waals surface area (Å²) in [5.41, 5.74) is 8.86. The molecule has 2 N–H and O–H groups in total. The van der Waals surface area contributed by atoms with Crippen molar-refractivity contribution < 1.29 is 9.13 Å². The van der Waals surface area contributed by atoms with Gasteiger partial charge in [-0.2, -0.15) is 0 Å². The van der Waals surface area contributed by atoms with Gasteiger partial charge in [0.05, 0.1) is 13.2 Å². The third-order valence-electron chi connectivity index (χ3n) is 3.11. The van der Waals surface area contributed by atoms with Gasteiger partial charge in [0.1, 0.15) is 11.6 Å². The van der Waals surface area contributed by atoms with Crippen molar-refractivity contribution in [2.45, 2.75) is 13.0 Å². The molecule has 0 aliphatic rings. The highest BCUT2D eigenvalue weighted by Crippen LogP contribution is 2.31. The number of ether oxygens (including phenoxy) is 1. The summed E-state index contributed by atoms with van der Waals surface area (Å²) in [7, 11) is 1.60. The van der Waals surface area contributed by atoms with E-state index in [9.17, 15) is 4.39 Å². The minimum atomic E-state index is -0.403. The second-order valence-corrected chi connectivity index (χ2v) is 5.22. The van der Waals surface area contributed by atoms with Crippen molar-refractivity contribution >= 4 is 15.9 Å². The maximum absolute atomic E-state index is 13.4. The molecular weight excluding hydrogens is 309 g/mol. The summed E-state index contributed by atoms with van der Waals surface area (Å²) in [5.74, 6) is 0.442. The van der Waals surface area contributed by atoms with Crippen molar-refractivity contribution in [2.75, 3.05) is 7.11 Å². The van der Waals surface area contributed by atoms with Crippen LogP contribution in [0.1, 0.15) is 22.7 Å². The van der Waals surface area contributed by atoms with Gasteiger partial charge in [0, 0.05) is 4.47 Å². The summed E-state index contributed by atoms with van der Waals surface area (Å²) >= 11 is 3.47. The first-order chi connectivity index (χ1) is 9.02. The van der Waals surface area contributed by atoms with Crippen LogP contribution in [0.3, 0.4) is 0 Å². The third kappa shape index (κ3) is 2.96. The van der Waals surface area contributed by atoms with Crippen LogP contribution in [0, 0.1) is 12.7 Å². The molecule has 0 aliphatic carbocycles. The van der Waals surface area contributed by atoms with E-state index >= 15 is 0 Å². The van der Waals surface area contributed by atoms with Crippen LogP contribution < -0.4 is 10.5 Å². The van der Waals surface area contributed by atoms with Crippen molar-refractivity contribution in [3.8, 4) is 5.75 Å². The van der Waals surface area contributed by atoms with Gasteiger partial charge in [-0.15, -0.1) is 0 Å². The summed E-state index contributed by atoms with van der Waals surface area (Å²) in [6.45, 7) is 1.92. The van der Waals surface area contributed by atoms with Gasteiger partial charge in [0.2, 0.25) is 0 Å². The quantitative estimate of drug-likeness (QED) is 0.928. The summed E-state index contributed by atoms with van der Waals surface area (Å²) in [5, 5.41) is 0. The fraction of sp³-hybridized carbons (Fsp3) is 0.200. The number of benzene rings is 2. The number of halogens is 2. The molecule has 1 unspecified atom stereocenters. The molecule has 0 spiro atoms. The van der Waals surface area contributed by atoms with Crippen molar-refractivity contribution in [3.63, 3.8) is 0 Å². The van der Waals surface area contributed by atoms with E-state index < -0.39 is 6.04 Å². The lowest BCUT2D eigenvalue weighted by Gasteiger charge is -2.17. The van der Waals surface area contributed by atoms with Crippen LogP contribution in [0.5, 0.6) is 5.75 Å². The van der Waals surface area contributed by atoms with Gasteiger partial charge in [-0.25, -0.2) is 4.39 Å². The molecule has 0 radical (unpaired) electrons. The molecule has 0 aliphatic heterocycles. The molecule has 0 bridgehead atoms. The van der Waals surface area contributed by atoms with E-state index in [0.29, 0.717) is 0 Å². The molecule has 2 aromatic carbocycles. The normalized spacial score (nSPS) is 12.3. The number of methoxy groups -OCH3 is 1. The van der Waals surface area contributed by atoms with Crippen molar-refractivity contribution in [3.05, 3.63) is 63.4 Å². The van der Waals surface area contributed by atoms with Crippen LogP contribution in [0.2, 0.25) is 0 Å². The maximum Gasteiger partial charge on any atom is 0.123 e. The summed E-state index contributed by atoms with van der Waals surface area (Å²) < 4.78 is 19.5. The Labute approximate surface area is 120 Å². The number of hydrogen-bond acceptors (Lipinski definition) is 2. The Morgan fingerprint density at radius 1 is 1.16 bits per heavy atom. The van der Waals surface area contributed by atoms with Gasteiger partial charge in [0.25, 0.3) is 0 Å². The SMILES string of the molecule is COc1ccc(Br)c(C(N)c2cc(F)ccc2C)c1. The van der Waals surface area contributed by atoms with Crippen LogP contribution in [0.4, 0.5) is 4.39 Å². The molecule has 0 saturated heterocycles. The predicted molar refractivity (Wildman–Crippen MR) is 77.9 cm³/mol. The van der Waals surface area contributed by atoms with Crippen LogP contribution in [-0.4, -0.2) is 7.11 Å². The highest BCUT2D eigenvalue weighted by Gasteiger charge is 2.16. The van der Waals surface area contributed by atoms with E-state index in [0.717, 1.165) is 26.9 Å². The Morgan fingerprint density at radius 2 is 1.89 bits per heavy atom. The van der Waals surface area contributed by atoms with E-state index in [1.165, 1.54) is 12.1 Å². The molecular formula is C15H15BrFNO. The monoisotopic (exact) mass is 323 g/mol. The zero-order chi connectivity index (χ0) is 14.0. The lowest BCUT2D eigenvalue weighted by molar-refractivity contribution is 0.414. The topological polar surface area (TPSA) is 35.2 Å². The Balaban J connectivity index is 2.48. The highest BCUT2D eigenvalue weighted by molar-refractivity contribution is 9.10.